The van der Waals surface area contributed by atoms with Crippen LogP contribution >= 0.6 is 11.3 Å². The number of thiazole rings is 1. The van der Waals surface area contributed by atoms with Crippen LogP contribution in [-0.4, -0.2) is 11.0 Å². The van der Waals surface area contributed by atoms with Crippen LogP contribution in [0.3, 0.4) is 0 Å². The summed E-state index contributed by atoms with van der Waals surface area (Å²) in [6.07, 6.45) is 11.3. The van der Waals surface area contributed by atoms with Gasteiger partial charge in [-0.25, -0.2) is 0 Å². The van der Waals surface area contributed by atoms with Crippen molar-refractivity contribution in [1.82, 2.24) is 10.3 Å². The summed E-state index contributed by atoms with van der Waals surface area (Å²) in [4.78, 5) is 14.0. The van der Waals surface area contributed by atoms with E-state index in [0.29, 0.717) is 6.04 Å². The number of hydrogen-bond acceptors (Lipinski definition) is 3. The second-order valence-electron chi connectivity index (χ2n) is 6.04. The molecule has 1 aromatic heterocycles. The Morgan fingerprint density at radius 2 is 2.00 bits per heavy atom. The van der Waals surface area contributed by atoms with Crippen molar-refractivity contribution in [2.75, 3.05) is 0 Å². The predicted octanol–water partition coefficient (Wildman–Crippen LogP) is 3.03. The fourth-order valence-corrected chi connectivity index (χ4v) is 4.30. The summed E-state index contributed by atoms with van der Waals surface area (Å²) in [6.45, 7) is 0.816. The minimum absolute atomic E-state index is 0.0559. The average Bonchev–Trinajstić information content (AvgIpc) is 2.99. The van der Waals surface area contributed by atoms with E-state index in [9.17, 15) is 4.79 Å². The standard InChI is InChI=1S/C14H22N2OS/c17-13-16-12(10-18-13)9-15-11-3-7-14(8-4-11)5-1-2-6-14/h10-11,15H,1-9H2,(H,16,17). The third-order valence-electron chi connectivity index (χ3n) is 4.86. The molecule has 0 unspecified atom stereocenters. The average molecular weight is 266 g/mol. The molecule has 4 heteroatoms. The van der Waals surface area contributed by atoms with E-state index in [-0.39, 0.29) is 4.87 Å². The molecular weight excluding hydrogens is 244 g/mol. The molecule has 3 rings (SSSR count). The molecule has 100 valence electrons. The summed E-state index contributed by atoms with van der Waals surface area (Å²) in [5, 5.41) is 5.52. The van der Waals surface area contributed by atoms with E-state index in [2.05, 4.69) is 10.3 Å². The lowest BCUT2D eigenvalue weighted by Gasteiger charge is -2.37. The molecule has 0 amide bonds. The molecule has 2 saturated carbocycles. The maximum absolute atomic E-state index is 11.0. The van der Waals surface area contributed by atoms with Crippen molar-refractivity contribution in [1.29, 1.82) is 0 Å². The molecule has 18 heavy (non-hydrogen) atoms. The van der Waals surface area contributed by atoms with Crippen molar-refractivity contribution < 1.29 is 0 Å². The number of nitrogens with one attached hydrogen (secondary N) is 2. The second kappa shape index (κ2) is 5.17. The molecule has 1 spiro atoms. The van der Waals surface area contributed by atoms with Gasteiger partial charge in [-0.2, -0.15) is 0 Å². The van der Waals surface area contributed by atoms with Gasteiger partial charge in [0.25, 0.3) is 0 Å². The van der Waals surface area contributed by atoms with Gasteiger partial charge in [0.2, 0.25) is 0 Å². The van der Waals surface area contributed by atoms with Crippen molar-refractivity contribution >= 4 is 11.3 Å². The minimum Gasteiger partial charge on any atom is -0.315 e. The number of aromatic amines is 1. The fourth-order valence-electron chi connectivity index (χ4n) is 3.71. The van der Waals surface area contributed by atoms with Gasteiger partial charge in [0.1, 0.15) is 0 Å². The van der Waals surface area contributed by atoms with Gasteiger partial charge < -0.3 is 10.3 Å². The zero-order valence-electron chi connectivity index (χ0n) is 10.8. The molecule has 0 aromatic carbocycles. The Hall–Kier alpha value is -0.610. The molecular formula is C14H22N2OS. The molecule has 1 aromatic rings. The van der Waals surface area contributed by atoms with Crippen molar-refractivity contribution in [3.8, 4) is 0 Å². The molecule has 0 radical (unpaired) electrons. The number of rotatable bonds is 3. The lowest BCUT2D eigenvalue weighted by atomic mass is 9.71. The van der Waals surface area contributed by atoms with Crippen LogP contribution in [0.4, 0.5) is 0 Å². The van der Waals surface area contributed by atoms with E-state index >= 15 is 0 Å². The summed E-state index contributed by atoms with van der Waals surface area (Å²) in [7, 11) is 0. The van der Waals surface area contributed by atoms with Gasteiger partial charge in [0.05, 0.1) is 0 Å². The summed E-state index contributed by atoms with van der Waals surface area (Å²) in [5.74, 6) is 0. The fraction of sp³-hybridized carbons (Fsp3) is 0.786. The van der Waals surface area contributed by atoms with Gasteiger partial charge in [-0.3, -0.25) is 4.79 Å². The van der Waals surface area contributed by atoms with Crippen molar-refractivity contribution in [2.45, 2.75) is 64.0 Å². The summed E-state index contributed by atoms with van der Waals surface area (Å²) < 4.78 is 0. The Labute approximate surface area is 112 Å². The Kier molecular flexibility index (Phi) is 3.57. The first-order chi connectivity index (χ1) is 8.76. The Balaban J connectivity index is 1.47. The summed E-state index contributed by atoms with van der Waals surface area (Å²) in [5.41, 5.74) is 1.75. The van der Waals surface area contributed by atoms with Gasteiger partial charge in [0.15, 0.2) is 0 Å². The molecule has 2 aliphatic carbocycles. The first kappa shape index (κ1) is 12.4. The van der Waals surface area contributed by atoms with Gasteiger partial charge in [-0.1, -0.05) is 24.2 Å². The van der Waals surface area contributed by atoms with Crippen molar-refractivity contribution in [3.63, 3.8) is 0 Å². The number of H-pyrrole nitrogens is 1. The number of hydrogen-bond donors (Lipinski definition) is 2. The molecule has 1 heterocycles. The van der Waals surface area contributed by atoms with Gasteiger partial charge >= 0.3 is 4.87 Å². The molecule has 2 N–H and O–H groups in total. The molecule has 3 nitrogen and oxygen atoms in total. The lowest BCUT2D eigenvalue weighted by Crippen LogP contribution is -2.36. The first-order valence-electron chi connectivity index (χ1n) is 7.16. The molecule has 2 aliphatic rings. The van der Waals surface area contributed by atoms with E-state index in [0.717, 1.165) is 17.7 Å². The van der Waals surface area contributed by atoms with Crippen molar-refractivity contribution in [3.05, 3.63) is 20.7 Å². The summed E-state index contributed by atoms with van der Waals surface area (Å²) in [6, 6.07) is 0.652. The second-order valence-corrected chi connectivity index (χ2v) is 6.88. The highest BCUT2D eigenvalue weighted by Gasteiger charge is 2.37. The lowest BCUT2D eigenvalue weighted by molar-refractivity contribution is 0.168. The Morgan fingerprint density at radius 3 is 2.61 bits per heavy atom. The van der Waals surface area contributed by atoms with Crippen LogP contribution in [0, 0.1) is 5.41 Å². The van der Waals surface area contributed by atoms with E-state index in [1.54, 1.807) is 0 Å². The van der Waals surface area contributed by atoms with Crippen LogP contribution < -0.4 is 10.2 Å². The first-order valence-corrected chi connectivity index (χ1v) is 8.04. The van der Waals surface area contributed by atoms with E-state index in [1.807, 2.05) is 5.38 Å². The maximum atomic E-state index is 11.0. The molecule has 0 saturated heterocycles. The third kappa shape index (κ3) is 2.69. The highest BCUT2D eigenvalue weighted by molar-refractivity contribution is 7.07. The van der Waals surface area contributed by atoms with Crippen LogP contribution in [-0.2, 0) is 6.54 Å². The highest BCUT2D eigenvalue weighted by atomic mass is 32.1. The van der Waals surface area contributed by atoms with E-state index in [1.165, 1.54) is 62.7 Å². The van der Waals surface area contributed by atoms with E-state index < -0.39 is 0 Å². The van der Waals surface area contributed by atoms with Crippen LogP contribution in [0.5, 0.6) is 0 Å². The van der Waals surface area contributed by atoms with Gasteiger partial charge in [-0.15, -0.1) is 0 Å². The van der Waals surface area contributed by atoms with Crippen molar-refractivity contribution in [2.24, 2.45) is 5.41 Å². The monoisotopic (exact) mass is 266 g/mol. The minimum atomic E-state index is 0.0559. The maximum Gasteiger partial charge on any atom is 0.304 e. The topological polar surface area (TPSA) is 44.9 Å². The molecule has 2 fully saturated rings. The Bertz CT molecular complexity index is 435. The van der Waals surface area contributed by atoms with Crippen LogP contribution in [0.2, 0.25) is 0 Å². The zero-order valence-corrected chi connectivity index (χ0v) is 11.7. The largest absolute Gasteiger partial charge is 0.315 e. The SMILES string of the molecule is O=c1[nH]c(CNC2CCC3(CCCC3)CC2)cs1. The van der Waals surface area contributed by atoms with Crippen LogP contribution in [0.15, 0.2) is 10.2 Å². The molecule has 0 atom stereocenters. The highest BCUT2D eigenvalue weighted by Crippen LogP contribution is 2.48. The van der Waals surface area contributed by atoms with Crippen LogP contribution in [0.25, 0.3) is 0 Å². The van der Waals surface area contributed by atoms with Gasteiger partial charge in [0, 0.05) is 23.7 Å². The third-order valence-corrected chi connectivity index (χ3v) is 5.58. The summed E-state index contributed by atoms with van der Waals surface area (Å²) >= 11 is 1.26. The Morgan fingerprint density at radius 1 is 1.28 bits per heavy atom. The molecule has 0 bridgehead atoms. The normalized spacial score (nSPS) is 23.8. The number of aromatic nitrogens is 1. The van der Waals surface area contributed by atoms with E-state index in [4.69, 9.17) is 0 Å². The smallest absolute Gasteiger partial charge is 0.304 e. The molecule has 0 aliphatic heterocycles. The predicted molar refractivity (Wildman–Crippen MR) is 74.9 cm³/mol. The van der Waals surface area contributed by atoms with Crippen LogP contribution in [0.1, 0.15) is 57.1 Å². The quantitative estimate of drug-likeness (QED) is 0.883. The van der Waals surface area contributed by atoms with Gasteiger partial charge in [-0.05, 0) is 43.9 Å². The zero-order chi connectivity index (χ0) is 12.4.